The van der Waals surface area contributed by atoms with E-state index >= 15 is 0 Å². The number of hydrogen-bond donors (Lipinski definition) is 0. The lowest BCUT2D eigenvalue weighted by atomic mass is 10.0. The molecule has 0 N–H and O–H groups in total. The zero-order chi connectivity index (χ0) is 15.4. The van der Waals surface area contributed by atoms with E-state index in [0.29, 0.717) is 12.7 Å². The highest BCUT2D eigenvalue weighted by Crippen LogP contribution is 2.39. The van der Waals surface area contributed by atoms with Crippen molar-refractivity contribution in [1.82, 2.24) is 0 Å². The van der Waals surface area contributed by atoms with Gasteiger partial charge in [0.25, 0.3) is 0 Å². The van der Waals surface area contributed by atoms with Crippen molar-refractivity contribution in [2.45, 2.75) is 38.9 Å². The molecule has 22 heavy (non-hydrogen) atoms. The molecule has 0 aromatic heterocycles. The van der Waals surface area contributed by atoms with Crippen LogP contribution in [0.1, 0.15) is 30.9 Å². The van der Waals surface area contributed by atoms with Gasteiger partial charge in [-0.15, -0.1) is 0 Å². The molecule has 0 aliphatic carbocycles. The first-order valence-electron chi connectivity index (χ1n) is 7.84. The van der Waals surface area contributed by atoms with Gasteiger partial charge in [0.1, 0.15) is 12.4 Å². The lowest BCUT2D eigenvalue weighted by Crippen LogP contribution is -2.21. The van der Waals surface area contributed by atoms with Gasteiger partial charge in [-0.25, -0.2) is 0 Å². The van der Waals surface area contributed by atoms with E-state index in [1.165, 1.54) is 5.56 Å². The van der Waals surface area contributed by atoms with Crippen molar-refractivity contribution in [3.05, 3.63) is 53.6 Å². The fraction of sp³-hybridized carbons (Fsp3) is 0.368. The molecule has 0 saturated heterocycles. The van der Waals surface area contributed by atoms with Crippen LogP contribution in [-0.2, 0) is 13.0 Å². The highest BCUT2D eigenvalue weighted by atomic mass is 16.5. The normalized spacial score (nSPS) is 16.5. The lowest BCUT2D eigenvalue weighted by molar-refractivity contribution is 0.167. The van der Waals surface area contributed by atoms with Gasteiger partial charge in [0, 0.05) is 6.07 Å². The Hall–Kier alpha value is -2.16. The Morgan fingerprint density at radius 2 is 1.95 bits per heavy atom. The molecule has 1 atom stereocenters. The van der Waals surface area contributed by atoms with Crippen LogP contribution in [0.4, 0.5) is 0 Å². The molecule has 0 amide bonds. The fourth-order valence-electron chi connectivity index (χ4n) is 2.74. The maximum atomic E-state index is 6.04. The summed E-state index contributed by atoms with van der Waals surface area (Å²) >= 11 is 0. The Balaban J connectivity index is 1.80. The van der Waals surface area contributed by atoms with E-state index in [1.54, 1.807) is 7.11 Å². The van der Waals surface area contributed by atoms with Crippen molar-refractivity contribution in [2.24, 2.45) is 0 Å². The second kappa shape index (κ2) is 6.73. The molecule has 3 rings (SSSR count). The van der Waals surface area contributed by atoms with Gasteiger partial charge in [-0.1, -0.05) is 37.3 Å². The Morgan fingerprint density at radius 3 is 2.68 bits per heavy atom. The molecule has 3 nitrogen and oxygen atoms in total. The van der Waals surface area contributed by atoms with Gasteiger partial charge in [0.05, 0.1) is 13.2 Å². The van der Waals surface area contributed by atoms with Crippen molar-refractivity contribution >= 4 is 0 Å². The van der Waals surface area contributed by atoms with Crippen LogP contribution in [0.2, 0.25) is 0 Å². The van der Waals surface area contributed by atoms with Gasteiger partial charge in [-0.3, -0.25) is 0 Å². The molecule has 0 spiro atoms. The van der Waals surface area contributed by atoms with Crippen LogP contribution >= 0.6 is 0 Å². The predicted octanol–water partition coefficient (Wildman–Crippen LogP) is 4.38. The van der Waals surface area contributed by atoms with Gasteiger partial charge >= 0.3 is 0 Å². The summed E-state index contributed by atoms with van der Waals surface area (Å²) in [7, 11) is 1.68. The fourth-order valence-corrected chi connectivity index (χ4v) is 2.74. The molecule has 0 radical (unpaired) electrons. The minimum absolute atomic E-state index is 0.308. The lowest BCUT2D eigenvalue weighted by Gasteiger charge is -2.26. The van der Waals surface area contributed by atoms with Crippen LogP contribution in [0.25, 0.3) is 0 Å². The molecule has 2 aromatic rings. The summed E-state index contributed by atoms with van der Waals surface area (Å²) in [5.74, 6) is 2.44. The summed E-state index contributed by atoms with van der Waals surface area (Å²) in [4.78, 5) is 0. The Bertz CT molecular complexity index is 622. The molecule has 3 heteroatoms. The van der Waals surface area contributed by atoms with E-state index in [-0.39, 0.29) is 0 Å². The van der Waals surface area contributed by atoms with Crippen molar-refractivity contribution in [1.29, 1.82) is 0 Å². The summed E-state index contributed by atoms with van der Waals surface area (Å²) in [6.45, 7) is 2.68. The first-order valence-corrected chi connectivity index (χ1v) is 7.84. The Kier molecular flexibility index (Phi) is 4.52. The van der Waals surface area contributed by atoms with Crippen molar-refractivity contribution in [2.75, 3.05) is 7.11 Å². The molecule has 116 valence electrons. The van der Waals surface area contributed by atoms with Gasteiger partial charge in [-0.2, -0.15) is 0 Å². The largest absolute Gasteiger partial charge is 0.493 e. The van der Waals surface area contributed by atoms with Crippen LogP contribution in [-0.4, -0.2) is 13.2 Å². The molecule has 0 unspecified atom stereocenters. The van der Waals surface area contributed by atoms with Crippen molar-refractivity contribution < 1.29 is 14.2 Å². The van der Waals surface area contributed by atoms with Gasteiger partial charge in [0.15, 0.2) is 11.5 Å². The zero-order valence-corrected chi connectivity index (χ0v) is 13.2. The first-order chi connectivity index (χ1) is 10.8. The third kappa shape index (κ3) is 3.19. The number of fused-ring (bicyclic) bond motifs is 1. The highest BCUT2D eigenvalue weighted by molar-refractivity contribution is 5.51. The van der Waals surface area contributed by atoms with Crippen molar-refractivity contribution in [3.8, 4) is 17.2 Å². The monoisotopic (exact) mass is 298 g/mol. The molecule has 0 bridgehead atoms. The summed E-state index contributed by atoms with van der Waals surface area (Å²) in [6, 6.07) is 14.1. The Morgan fingerprint density at radius 1 is 1.14 bits per heavy atom. The molecular weight excluding hydrogens is 276 g/mol. The summed E-state index contributed by atoms with van der Waals surface area (Å²) in [5.41, 5.74) is 2.34. The van der Waals surface area contributed by atoms with Gasteiger partial charge < -0.3 is 14.2 Å². The van der Waals surface area contributed by atoms with Gasteiger partial charge in [-0.05, 0) is 36.5 Å². The number of aryl methyl sites for hydroxylation is 1. The topological polar surface area (TPSA) is 27.7 Å². The zero-order valence-electron chi connectivity index (χ0n) is 13.2. The molecule has 0 fully saturated rings. The van der Waals surface area contributed by atoms with E-state index < -0.39 is 0 Å². The summed E-state index contributed by atoms with van der Waals surface area (Å²) < 4.78 is 17.5. The second-order valence-electron chi connectivity index (χ2n) is 5.57. The van der Waals surface area contributed by atoms with E-state index in [0.717, 1.165) is 42.1 Å². The average Bonchev–Trinajstić information content (AvgIpc) is 2.59. The van der Waals surface area contributed by atoms with Crippen LogP contribution in [0, 0.1) is 0 Å². The quantitative estimate of drug-likeness (QED) is 0.820. The van der Waals surface area contributed by atoms with Crippen LogP contribution in [0.3, 0.4) is 0 Å². The van der Waals surface area contributed by atoms with Crippen LogP contribution < -0.4 is 14.2 Å². The summed E-state index contributed by atoms with van der Waals surface area (Å²) in [6.07, 6.45) is 3.44. The molecule has 2 aromatic carbocycles. The number of rotatable bonds is 5. The molecule has 0 saturated carbocycles. The third-order valence-corrected chi connectivity index (χ3v) is 4.07. The molecular formula is C19H22O3. The third-order valence-electron chi connectivity index (χ3n) is 4.07. The average molecular weight is 298 g/mol. The summed E-state index contributed by atoms with van der Waals surface area (Å²) in [5, 5.41) is 0. The second-order valence-corrected chi connectivity index (χ2v) is 5.57. The van der Waals surface area contributed by atoms with Crippen LogP contribution in [0.5, 0.6) is 17.2 Å². The Labute approximate surface area is 131 Å². The van der Waals surface area contributed by atoms with E-state index in [2.05, 4.69) is 19.1 Å². The number of benzene rings is 2. The number of ether oxygens (including phenoxy) is 3. The molecule has 1 aliphatic heterocycles. The first kappa shape index (κ1) is 14.8. The smallest absolute Gasteiger partial charge is 0.165 e. The van der Waals surface area contributed by atoms with Gasteiger partial charge in [0.2, 0.25) is 0 Å². The van der Waals surface area contributed by atoms with Crippen LogP contribution in [0.15, 0.2) is 42.5 Å². The maximum Gasteiger partial charge on any atom is 0.165 e. The number of methoxy groups -OCH3 is 1. The standard InChI is InChI=1S/C19H22O3/c1-3-16-10-9-15-11-18(20-2)19(12-17(15)22-16)21-13-14-7-5-4-6-8-14/h4-8,11-12,16H,3,9-10,13H2,1-2H3/t16-/m1/s1. The van der Waals surface area contributed by atoms with E-state index in [9.17, 15) is 0 Å². The van der Waals surface area contributed by atoms with Crippen molar-refractivity contribution in [3.63, 3.8) is 0 Å². The minimum Gasteiger partial charge on any atom is -0.493 e. The van der Waals surface area contributed by atoms with E-state index in [4.69, 9.17) is 14.2 Å². The molecule has 1 heterocycles. The predicted molar refractivity (Wildman–Crippen MR) is 86.8 cm³/mol. The molecule has 1 aliphatic rings. The maximum absolute atomic E-state index is 6.04. The minimum atomic E-state index is 0.308. The SMILES string of the molecule is CC[C@@H]1CCc2cc(OC)c(OCc3ccccc3)cc2O1. The highest BCUT2D eigenvalue weighted by Gasteiger charge is 2.21. The number of hydrogen-bond acceptors (Lipinski definition) is 3. The van der Waals surface area contributed by atoms with E-state index in [1.807, 2.05) is 30.3 Å².